The molecule has 1 amide bonds. The predicted molar refractivity (Wildman–Crippen MR) is 94.6 cm³/mol. The van der Waals surface area contributed by atoms with Crippen molar-refractivity contribution in [3.05, 3.63) is 35.3 Å². The van der Waals surface area contributed by atoms with Gasteiger partial charge in [0, 0.05) is 44.2 Å². The Hall–Kier alpha value is -2.88. The highest BCUT2D eigenvalue weighted by Crippen LogP contribution is 2.36. The van der Waals surface area contributed by atoms with Gasteiger partial charge in [0.15, 0.2) is 5.66 Å². The van der Waals surface area contributed by atoms with E-state index in [4.69, 9.17) is 6.42 Å². The molecular formula is C18H22N6O. The largest absolute Gasteiger partial charge is 0.352 e. The van der Waals surface area contributed by atoms with Crippen LogP contribution in [0.5, 0.6) is 0 Å². The number of terminal acetylenes is 1. The Morgan fingerprint density at radius 2 is 1.96 bits per heavy atom. The minimum atomic E-state index is -0.384. The molecule has 1 aliphatic rings. The lowest BCUT2D eigenvalue weighted by Crippen LogP contribution is -2.29. The number of rotatable bonds is 7. The fourth-order valence-corrected chi connectivity index (χ4v) is 3.00. The summed E-state index contributed by atoms with van der Waals surface area (Å²) in [6.45, 7) is 4.51. The Morgan fingerprint density at radius 3 is 2.56 bits per heavy atom. The second kappa shape index (κ2) is 6.55. The standard InChI is InChI=1S/C18H22N6O/c1-5-6-9-18(21-22-18)10-11-19-16(25)15-12-20-23(4)17(15)24-13(2)7-8-14(24)3/h1,7-8,12H,6,9-11H2,2-4H3,(H,19,25). The summed E-state index contributed by atoms with van der Waals surface area (Å²) in [5.41, 5.74) is 2.27. The molecule has 0 fully saturated rings. The van der Waals surface area contributed by atoms with Gasteiger partial charge in [-0.3, -0.25) is 9.48 Å². The van der Waals surface area contributed by atoms with Gasteiger partial charge in [-0.2, -0.15) is 15.3 Å². The van der Waals surface area contributed by atoms with Gasteiger partial charge in [0.1, 0.15) is 11.4 Å². The van der Waals surface area contributed by atoms with Crippen molar-refractivity contribution in [3.8, 4) is 18.2 Å². The molecule has 25 heavy (non-hydrogen) atoms. The molecule has 1 aliphatic heterocycles. The second-order valence-corrected chi connectivity index (χ2v) is 6.35. The average molecular weight is 338 g/mol. The molecule has 2 aromatic rings. The third-order valence-electron chi connectivity index (χ3n) is 4.50. The molecule has 0 radical (unpaired) electrons. The van der Waals surface area contributed by atoms with E-state index in [-0.39, 0.29) is 11.6 Å². The van der Waals surface area contributed by atoms with Crippen LogP contribution in [0.1, 0.15) is 41.0 Å². The number of nitrogens with zero attached hydrogens (tertiary/aromatic N) is 5. The summed E-state index contributed by atoms with van der Waals surface area (Å²) in [7, 11) is 1.84. The van der Waals surface area contributed by atoms with Gasteiger partial charge in [-0.05, 0) is 26.0 Å². The lowest BCUT2D eigenvalue weighted by molar-refractivity contribution is 0.0952. The molecule has 0 spiro atoms. The van der Waals surface area contributed by atoms with Gasteiger partial charge in [-0.25, -0.2) is 0 Å². The molecule has 130 valence electrons. The second-order valence-electron chi connectivity index (χ2n) is 6.35. The molecular weight excluding hydrogens is 316 g/mol. The molecule has 0 atom stereocenters. The Labute approximate surface area is 147 Å². The molecule has 0 bridgehead atoms. The van der Waals surface area contributed by atoms with Crippen LogP contribution in [0.2, 0.25) is 0 Å². The van der Waals surface area contributed by atoms with E-state index in [2.05, 4.69) is 26.6 Å². The number of aromatic nitrogens is 3. The van der Waals surface area contributed by atoms with Crippen molar-refractivity contribution in [1.82, 2.24) is 19.7 Å². The predicted octanol–water partition coefficient (Wildman–Crippen LogP) is 2.52. The van der Waals surface area contributed by atoms with E-state index in [9.17, 15) is 4.79 Å². The summed E-state index contributed by atoms with van der Waals surface area (Å²) >= 11 is 0. The minimum Gasteiger partial charge on any atom is -0.352 e. The van der Waals surface area contributed by atoms with Crippen LogP contribution in [0.15, 0.2) is 28.6 Å². The topological polar surface area (TPSA) is 76.6 Å². The number of amides is 1. The first-order valence-electron chi connectivity index (χ1n) is 8.30. The van der Waals surface area contributed by atoms with Gasteiger partial charge in [0.05, 0.1) is 6.20 Å². The SMILES string of the molecule is C#CCCC1(CCNC(=O)c2cnn(C)c2-n2c(C)ccc2C)N=N1. The highest BCUT2D eigenvalue weighted by molar-refractivity contribution is 5.97. The van der Waals surface area contributed by atoms with Crippen molar-refractivity contribution in [3.63, 3.8) is 0 Å². The molecule has 3 rings (SSSR count). The highest BCUT2D eigenvalue weighted by Gasteiger charge is 2.38. The number of hydrogen-bond donors (Lipinski definition) is 1. The Balaban J connectivity index is 1.69. The van der Waals surface area contributed by atoms with Gasteiger partial charge in [-0.15, -0.1) is 12.3 Å². The van der Waals surface area contributed by atoms with E-state index >= 15 is 0 Å². The molecule has 0 unspecified atom stereocenters. The Kier molecular flexibility index (Phi) is 4.45. The zero-order valence-corrected chi connectivity index (χ0v) is 14.8. The fourth-order valence-electron chi connectivity index (χ4n) is 3.00. The first-order valence-corrected chi connectivity index (χ1v) is 8.30. The molecule has 0 saturated carbocycles. The summed E-state index contributed by atoms with van der Waals surface area (Å²) < 4.78 is 3.75. The van der Waals surface area contributed by atoms with Crippen molar-refractivity contribution in [2.45, 2.75) is 38.8 Å². The van der Waals surface area contributed by atoms with E-state index in [1.165, 1.54) is 0 Å². The van der Waals surface area contributed by atoms with Gasteiger partial charge in [0.25, 0.3) is 5.91 Å². The van der Waals surface area contributed by atoms with Gasteiger partial charge in [0.2, 0.25) is 0 Å². The van der Waals surface area contributed by atoms with Gasteiger partial charge >= 0.3 is 0 Å². The maximum atomic E-state index is 12.6. The first kappa shape index (κ1) is 17.0. The maximum Gasteiger partial charge on any atom is 0.256 e. The fraction of sp³-hybridized carbons (Fsp3) is 0.444. The minimum absolute atomic E-state index is 0.150. The lowest BCUT2D eigenvalue weighted by atomic mass is 10.0. The number of aryl methyl sites for hydroxylation is 3. The van der Waals surface area contributed by atoms with Crippen LogP contribution >= 0.6 is 0 Å². The monoisotopic (exact) mass is 338 g/mol. The van der Waals surface area contributed by atoms with Crippen LogP contribution in [-0.2, 0) is 7.05 Å². The van der Waals surface area contributed by atoms with Crippen molar-refractivity contribution >= 4 is 5.91 Å². The number of carbonyl (C=O) groups excluding carboxylic acids is 1. The summed E-state index contributed by atoms with van der Waals surface area (Å²) in [6.07, 6.45) is 8.93. The van der Waals surface area contributed by atoms with Gasteiger partial charge < -0.3 is 9.88 Å². The van der Waals surface area contributed by atoms with E-state index in [1.54, 1.807) is 10.9 Å². The van der Waals surface area contributed by atoms with E-state index in [1.807, 2.05) is 37.6 Å². The van der Waals surface area contributed by atoms with Crippen LogP contribution in [0.3, 0.4) is 0 Å². The molecule has 3 heterocycles. The van der Waals surface area contributed by atoms with Crippen LogP contribution < -0.4 is 5.32 Å². The van der Waals surface area contributed by atoms with Crippen molar-refractivity contribution in [1.29, 1.82) is 0 Å². The van der Waals surface area contributed by atoms with E-state index < -0.39 is 0 Å². The van der Waals surface area contributed by atoms with Crippen molar-refractivity contribution in [2.24, 2.45) is 17.3 Å². The number of nitrogens with one attached hydrogen (secondary N) is 1. The molecule has 1 N–H and O–H groups in total. The van der Waals surface area contributed by atoms with E-state index in [0.29, 0.717) is 24.9 Å². The summed E-state index contributed by atoms with van der Waals surface area (Å²) in [5, 5.41) is 15.4. The normalized spacial score (nSPS) is 14.3. The Morgan fingerprint density at radius 1 is 1.28 bits per heavy atom. The highest BCUT2D eigenvalue weighted by atomic mass is 16.1. The molecule has 0 saturated heterocycles. The smallest absolute Gasteiger partial charge is 0.256 e. The first-order chi connectivity index (χ1) is 12.0. The zero-order chi connectivity index (χ0) is 18.0. The van der Waals surface area contributed by atoms with Crippen molar-refractivity contribution < 1.29 is 4.79 Å². The molecule has 7 nitrogen and oxygen atoms in total. The maximum absolute atomic E-state index is 12.6. The van der Waals surface area contributed by atoms with Crippen LogP contribution in [0.25, 0.3) is 5.82 Å². The molecule has 7 heteroatoms. The molecule has 2 aromatic heterocycles. The van der Waals surface area contributed by atoms with E-state index in [0.717, 1.165) is 23.6 Å². The van der Waals surface area contributed by atoms with Crippen molar-refractivity contribution in [2.75, 3.05) is 6.54 Å². The number of hydrogen-bond acceptors (Lipinski definition) is 4. The third-order valence-corrected chi connectivity index (χ3v) is 4.50. The molecule has 0 aliphatic carbocycles. The van der Waals surface area contributed by atoms with Crippen LogP contribution in [0.4, 0.5) is 0 Å². The zero-order valence-electron chi connectivity index (χ0n) is 14.8. The summed E-state index contributed by atoms with van der Waals surface area (Å²) in [4.78, 5) is 12.6. The quantitative estimate of drug-likeness (QED) is 0.788. The molecule has 0 aromatic carbocycles. The number of carbonyl (C=O) groups is 1. The van der Waals surface area contributed by atoms with Crippen LogP contribution in [0, 0.1) is 26.2 Å². The lowest BCUT2D eigenvalue weighted by Gasteiger charge is -2.13. The van der Waals surface area contributed by atoms with Crippen LogP contribution in [-0.4, -0.2) is 32.5 Å². The summed E-state index contributed by atoms with van der Waals surface area (Å²) in [5.74, 6) is 3.22. The summed E-state index contributed by atoms with van der Waals surface area (Å²) in [6, 6.07) is 4.05. The Bertz CT molecular complexity index is 841. The van der Waals surface area contributed by atoms with Gasteiger partial charge in [-0.1, -0.05) is 0 Å². The third kappa shape index (κ3) is 3.33. The average Bonchev–Trinajstić information content (AvgIpc) is 3.15.